The highest BCUT2D eigenvalue weighted by Crippen LogP contribution is 2.31. The topological polar surface area (TPSA) is 89.9 Å². The summed E-state index contributed by atoms with van der Waals surface area (Å²) in [6.45, 7) is 11.4. The number of piperidine rings is 1. The van der Waals surface area contributed by atoms with Crippen LogP contribution in [0.3, 0.4) is 0 Å². The van der Waals surface area contributed by atoms with Crippen molar-refractivity contribution in [1.29, 1.82) is 0 Å². The quantitative estimate of drug-likeness (QED) is 0.823. The molecule has 130 valence electrons. The van der Waals surface area contributed by atoms with Crippen LogP contribution < -0.4 is 5.73 Å². The number of primary amides is 1. The summed E-state index contributed by atoms with van der Waals surface area (Å²) in [6.07, 6.45) is 2.71. The van der Waals surface area contributed by atoms with Crippen molar-refractivity contribution in [2.45, 2.75) is 59.5 Å². The van der Waals surface area contributed by atoms with Crippen LogP contribution in [0, 0.1) is 17.8 Å². The second-order valence-corrected chi connectivity index (χ2v) is 7.34. The van der Waals surface area contributed by atoms with E-state index in [1.807, 2.05) is 4.68 Å². The van der Waals surface area contributed by atoms with E-state index in [0.717, 1.165) is 44.7 Å². The van der Waals surface area contributed by atoms with E-state index < -0.39 is 0 Å². The molecule has 0 bridgehead atoms. The summed E-state index contributed by atoms with van der Waals surface area (Å²) in [7, 11) is 0. The highest BCUT2D eigenvalue weighted by Gasteiger charge is 2.33. The number of aryl methyl sites for hydroxylation is 1. The SMILES string of the molecule is CC(C)CCn1nnnc1[C@H](C(C)C)N1CCC(C(N)=O)CC1. The van der Waals surface area contributed by atoms with Gasteiger partial charge in [0.25, 0.3) is 0 Å². The van der Waals surface area contributed by atoms with Crippen molar-refractivity contribution in [2.24, 2.45) is 23.5 Å². The van der Waals surface area contributed by atoms with Gasteiger partial charge < -0.3 is 5.73 Å². The Morgan fingerprint density at radius 3 is 2.43 bits per heavy atom. The lowest BCUT2D eigenvalue weighted by atomic mass is 9.92. The number of aromatic nitrogens is 4. The number of hydrogen-bond acceptors (Lipinski definition) is 5. The van der Waals surface area contributed by atoms with Gasteiger partial charge in [-0.15, -0.1) is 5.10 Å². The number of tetrazole rings is 1. The van der Waals surface area contributed by atoms with Gasteiger partial charge in [-0.3, -0.25) is 9.69 Å². The van der Waals surface area contributed by atoms with E-state index in [-0.39, 0.29) is 17.9 Å². The second-order valence-electron chi connectivity index (χ2n) is 7.34. The maximum Gasteiger partial charge on any atom is 0.220 e. The molecule has 0 radical (unpaired) electrons. The predicted octanol–water partition coefficient (Wildman–Crippen LogP) is 1.61. The summed E-state index contributed by atoms with van der Waals surface area (Å²) in [5.74, 6) is 1.81. The zero-order valence-corrected chi connectivity index (χ0v) is 14.8. The smallest absolute Gasteiger partial charge is 0.220 e. The fourth-order valence-electron chi connectivity index (χ4n) is 3.31. The normalized spacial score (nSPS) is 18.7. The van der Waals surface area contributed by atoms with Crippen molar-refractivity contribution in [3.8, 4) is 0 Å². The van der Waals surface area contributed by atoms with Crippen LogP contribution in [0.5, 0.6) is 0 Å². The molecule has 7 nitrogen and oxygen atoms in total. The van der Waals surface area contributed by atoms with E-state index in [2.05, 4.69) is 48.1 Å². The van der Waals surface area contributed by atoms with Crippen molar-refractivity contribution >= 4 is 5.91 Å². The first kappa shape index (κ1) is 17.8. The van der Waals surface area contributed by atoms with Gasteiger partial charge in [-0.05, 0) is 54.6 Å². The second kappa shape index (κ2) is 7.86. The predicted molar refractivity (Wildman–Crippen MR) is 88.3 cm³/mol. The first-order valence-electron chi connectivity index (χ1n) is 8.69. The minimum absolute atomic E-state index is 0.0102. The molecule has 0 unspecified atom stereocenters. The third kappa shape index (κ3) is 4.50. The Balaban J connectivity index is 2.11. The molecular formula is C16H30N6O. The minimum Gasteiger partial charge on any atom is -0.369 e. The molecule has 23 heavy (non-hydrogen) atoms. The Kier molecular flexibility index (Phi) is 6.10. The van der Waals surface area contributed by atoms with Gasteiger partial charge in [0.05, 0.1) is 6.04 Å². The number of nitrogens with zero attached hydrogens (tertiary/aromatic N) is 5. The molecule has 1 amide bonds. The van der Waals surface area contributed by atoms with Gasteiger partial charge in [0.15, 0.2) is 5.82 Å². The molecule has 2 rings (SSSR count). The molecule has 0 aromatic carbocycles. The number of hydrogen-bond donors (Lipinski definition) is 1. The highest BCUT2D eigenvalue weighted by atomic mass is 16.1. The van der Waals surface area contributed by atoms with Crippen LogP contribution in [0.15, 0.2) is 0 Å². The van der Waals surface area contributed by atoms with Crippen LogP contribution in [0.2, 0.25) is 0 Å². The van der Waals surface area contributed by atoms with Gasteiger partial charge in [0.1, 0.15) is 0 Å². The van der Waals surface area contributed by atoms with Gasteiger partial charge in [0, 0.05) is 12.5 Å². The lowest BCUT2D eigenvalue weighted by molar-refractivity contribution is -0.123. The maximum absolute atomic E-state index is 11.4. The van der Waals surface area contributed by atoms with Crippen molar-refractivity contribution in [2.75, 3.05) is 13.1 Å². The molecule has 2 N–H and O–H groups in total. The van der Waals surface area contributed by atoms with Gasteiger partial charge in [0.2, 0.25) is 5.91 Å². The standard InChI is InChI=1S/C16H30N6O/c1-11(2)5-10-22-16(18-19-20-22)14(12(3)4)21-8-6-13(7-9-21)15(17)23/h11-14H,5-10H2,1-4H3,(H2,17,23)/t14-/m0/s1. The largest absolute Gasteiger partial charge is 0.369 e. The summed E-state index contributed by atoms with van der Waals surface area (Å²) in [5, 5.41) is 12.4. The molecule has 0 saturated carbocycles. The first-order chi connectivity index (χ1) is 10.9. The highest BCUT2D eigenvalue weighted by molar-refractivity contribution is 5.76. The third-order valence-corrected chi connectivity index (χ3v) is 4.70. The van der Waals surface area contributed by atoms with Crippen LogP contribution in [-0.4, -0.2) is 44.1 Å². The Labute approximate surface area is 138 Å². The first-order valence-corrected chi connectivity index (χ1v) is 8.69. The van der Waals surface area contributed by atoms with Gasteiger partial charge in [-0.25, -0.2) is 4.68 Å². The minimum atomic E-state index is -0.174. The number of amides is 1. The Bertz CT molecular complexity index is 504. The van der Waals surface area contributed by atoms with Gasteiger partial charge in [-0.1, -0.05) is 27.7 Å². The van der Waals surface area contributed by atoms with Crippen molar-refractivity contribution < 1.29 is 4.79 Å². The molecule has 0 aliphatic carbocycles. The lowest BCUT2D eigenvalue weighted by Crippen LogP contribution is -2.42. The fourth-order valence-corrected chi connectivity index (χ4v) is 3.31. The molecule has 0 spiro atoms. The Hall–Kier alpha value is -1.50. The van der Waals surface area contributed by atoms with E-state index in [1.165, 1.54) is 0 Å². The average Bonchev–Trinajstić information content (AvgIpc) is 2.93. The zero-order chi connectivity index (χ0) is 17.0. The molecule has 1 saturated heterocycles. The third-order valence-electron chi connectivity index (χ3n) is 4.70. The van der Waals surface area contributed by atoms with E-state index >= 15 is 0 Å². The molecule has 1 aliphatic rings. The molecule has 1 aliphatic heterocycles. The van der Waals surface area contributed by atoms with E-state index in [1.54, 1.807) is 0 Å². The fraction of sp³-hybridized carbons (Fsp3) is 0.875. The van der Waals surface area contributed by atoms with Crippen molar-refractivity contribution in [1.82, 2.24) is 25.1 Å². The molecular weight excluding hydrogens is 292 g/mol. The molecule has 7 heteroatoms. The van der Waals surface area contributed by atoms with Crippen molar-refractivity contribution in [3.63, 3.8) is 0 Å². The molecule has 2 heterocycles. The average molecular weight is 322 g/mol. The maximum atomic E-state index is 11.4. The number of carbonyl (C=O) groups is 1. The number of rotatable bonds is 7. The van der Waals surface area contributed by atoms with E-state index in [4.69, 9.17) is 5.73 Å². The van der Waals surface area contributed by atoms with Crippen LogP contribution in [-0.2, 0) is 11.3 Å². The summed E-state index contributed by atoms with van der Waals surface area (Å²) >= 11 is 0. The van der Waals surface area contributed by atoms with E-state index in [0.29, 0.717) is 11.8 Å². The van der Waals surface area contributed by atoms with Crippen LogP contribution >= 0.6 is 0 Å². The summed E-state index contributed by atoms with van der Waals surface area (Å²) in [6, 6.07) is 0.186. The van der Waals surface area contributed by atoms with Crippen molar-refractivity contribution in [3.05, 3.63) is 5.82 Å². The number of carbonyl (C=O) groups excluding carboxylic acids is 1. The molecule has 1 atom stereocenters. The Morgan fingerprint density at radius 2 is 1.91 bits per heavy atom. The monoisotopic (exact) mass is 322 g/mol. The Morgan fingerprint density at radius 1 is 1.26 bits per heavy atom. The molecule has 1 fully saturated rings. The summed E-state index contributed by atoms with van der Waals surface area (Å²) in [4.78, 5) is 13.8. The number of nitrogens with two attached hydrogens (primary N) is 1. The van der Waals surface area contributed by atoms with Gasteiger partial charge >= 0.3 is 0 Å². The van der Waals surface area contributed by atoms with Crippen LogP contribution in [0.1, 0.15) is 58.8 Å². The van der Waals surface area contributed by atoms with Crippen LogP contribution in [0.25, 0.3) is 0 Å². The van der Waals surface area contributed by atoms with E-state index in [9.17, 15) is 4.79 Å². The summed E-state index contributed by atoms with van der Waals surface area (Å²) < 4.78 is 1.95. The zero-order valence-electron chi connectivity index (χ0n) is 14.8. The van der Waals surface area contributed by atoms with Gasteiger partial charge in [-0.2, -0.15) is 0 Å². The van der Waals surface area contributed by atoms with Crippen LogP contribution in [0.4, 0.5) is 0 Å². The summed E-state index contributed by atoms with van der Waals surface area (Å²) in [5.41, 5.74) is 5.44. The molecule has 1 aromatic rings. The molecule has 1 aromatic heterocycles. The number of likely N-dealkylation sites (tertiary alicyclic amines) is 1. The lowest BCUT2D eigenvalue weighted by Gasteiger charge is -2.38.